The van der Waals surface area contributed by atoms with Gasteiger partial charge in [0.15, 0.2) is 0 Å². The van der Waals surface area contributed by atoms with Gasteiger partial charge in [0.2, 0.25) is 0 Å². The van der Waals surface area contributed by atoms with Crippen molar-refractivity contribution in [3.8, 4) is 0 Å². The number of hydrogen-bond donors (Lipinski definition) is 2. The summed E-state index contributed by atoms with van der Waals surface area (Å²) < 4.78 is 1.89. The quantitative estimate of drug-likeness (QED) is 0.824. The van der Waals surface area contributed by atoms with Gasteiger partial charge in [-0.25, -0.2) is 0 Å². The molecule has 4 nitrogen and oxygen atoms in total. The Kier molecular flexibility index (Phi) is 5.97. The van der Waals surface area contributed by atoms with Crippen molar-refractivity contribution in [1.29, 1.82) is 0 Å². The van der Waals surface area contributed by atoms with Crippen LogP contribution in [-0.4, -0.2) is 21.5 Å². The number of hydrogen-bond acceptors (Lipinski definition) is 3. The molecule has 4 heteroatoms. The van der Waals surface area contributed by atoms with Gasteiger partial charge in [-0.2, -0.15) is 5.10 Å². The van der Waals surface area contributed by atoms with Crippen molar-refractivity contribution in [1.82, 2.24) is 15.1 Å². The lowest BCUT2D eigenvalue weighted by molar-refractivity contribution is 0.275. The van der Waals surface area contributed by atoms with Gasteiger partial charge in [-0.1, -0.05) is 51.1 Å². The van der Waals surface area contributed by atoms with Crippen LogP contribution in [-0.2, 0) is 19.0 Å². The minimum atomic E-state index is 0.0333. The molecule has 2 rings (SSSR count). The van der Waals surface area contributed by atoms with Crippen molar-refractivity contribution in [3.63, 3.8) is 0 Å². The van der Waals surface area contributed by atoms with E-state index in [4.69, 9.17) is 5.11 Å². The van der Waals surface area contributed by atoms with Gasteiger partial charge in [0.05, 0.1) is 5.69 Å². The lowest BCUT2D eigenvalue weighted by Gasteiger charge is -2.21. The highest BCUT2D eigenvalue weighted by molar-refractivity contribution is 5.25. The molecular weight excluding hydrogens is 286 g/mol. The lowest BCUT2D eigenvalue weighted by atomic mass is 9.89. The highest BCUT2D eigenvalue weighted by Gasteiger charge is 2.22. The smallest absolute Gasteiger partial charge is 0.0722 e. The number of aliphatic hydroxyl groups excluding tert-OH is 1. The predicted octanol–water partition coefficient (Wildman–Crippen LogP) is 3.32. The van der Waals surface area contributed by atoms with Gasteiger partial charge in [-0.15, -0.1) is 0 Å². The van der Waals surface area contributed by atoms with Gasteiger partial charge in [0.25, 0.3) is 0 Å². The number of benzene rings is 1. The van der Waals surface area contributed by atoms with E-state index in [0.29, 0.717) is 0 Å². The van der Waals surface area contributed by atoms with Crippen LogP contribution in [0.3, 0.4) is 0 Å². The van der Waals surface area contributed by atoms with Crippen LogP contribution in [0.5, 0.6) is 0 Å². The Morgan fingerprint density at radius 2 is 1.91 bits per heavy atom. The molecule has 0 amide bonds. The van der Waals surface area contributed by atoms with Crippen LogP contribution in [0.1, 0.15) is 56.5 Å². The third-order valence-electron chi connectivity index (χ3n) is 4.01. The molecule has 1 aromatic carbocycles. The minimum absolute atomic E-state index is 0.0333. The molecule has 0 bridgehead atoms. The minimum Gasteiger partial charge on any atom is -0.396 e. The molecule has 23 heavy (non-hydrogen) atoms. The molecule has 0 radical (unpaired) electrons. The molecule has 1 aromatic heterocycles. The number of aryl methyl sites for hydroxylation is 1. The number of rotatable bonds is 7. The highest BCUT2D eigenvalue weighted by Crippen LogP contribution is 2.25. The van der Waals surface area contributed by atoms with Crippen LogP contribution in [0.4, 0.5) is 0 Å². The molecule has 1 atom stereocenters. The van der Waals surface area contributed by atoms with Crippen molar-refractivity contribution in [2.45, 2.75) is 51.6 Å². The molecular formula is C19H29N3O. The normalized spacial score (nSPS) is 13.3. The first-order chi connectivity index (χ1) is 10.9. The average molecular weight is 315 g/mol. The number of nitrogens with one attached hydrogen (secondary N) is 1. The molecule has 0 aliphatic rings. The monoisotopic (exact) mass is 315 g/mol. The molecule has 0 aliphatic carbocycles. The van der Waals surface area contributed by atoms with Crippen LogP contribution in [0.15, 0.2) is 36.5 Å². The standard InChI is InChI=1S/C19H29N3O/c1-19(2,3)18-16(14-22(4)21-18)13-20-17(11-8-12-23)15-9-6-5-7-10-15/h5-7,9-10,14,17,20,23H,8,11-13H2,1-4H3. The number of aliphatic hydroxyl groups is 1. The molecule has 126 valence electrons. The zero-order valence-electron chi connectivity index (χ0n) is 14.7. The maximum Gasteiger partial charge on any atom is 0.0722 e. The van der Waals surface area contributed by atoms with E-state index in [0.717, 1.165) is 25.1 Å². The highest BCUT2D eigenvalue weighted by atomic mass is 16.2. The summed E-state index contributed by atoms with van der Waals surface area (Å²) in [5.41, 5.74) is 3.68. The average Bonchev–Trinajstić information content (AvgIpc) is 2.89. The van der Waals surface area contributed by atoms with Crippen LogP contribution in [0.2, 0.25) is 0 Å². The van der Waals surface area contributed by atoms with Crippen LogP contribution in [0.25, 0.3) is 0 Å². The van der Waals surface area contributed by atoms with Crippen molar-refractivity contribution in [2.75, 3.05) is 6.61 Å². The first-order valence-corrected chi connectivity index (χ1v) is 8.34. The Balaban J connectivity index is 2.13. The molecule has 1 heterocycles. The maximum atomic E-state index is 9.16. The second kappa shape index (κ2) is 7.75. The Labute approximate surface area is 139 Å². The molecule has 0 saturated heterocycles. The summed E-state index contributed by atoms with van der Waals surface area (Å²) in [5.74, 6) is 0. The number of aromatic nitrogens is 2. The van der Waals surface area contributed by atoms with Crippen molar-refractivity contribution in [3.05, 3.63) is 53.3 Å². The summed E-state index contributed by atoms with van der Waals surface area (Å²) >= 11 is 0. The SMILES string of the molecule is Cn1cc(CNC(CCCO)c2ccccc2)c(C(C)(C)C)n1. The van der Waals surface area contributed by atoms with E-state index >= 15 is 0 Å². The fourth-order valence-corrected chi connectivity index (χ4v) is 2.90. The second-order valence-corrected chi connectivity index (χ2v) is 7.14. The van der Waals surface area contributed by atoms with Gasteiger partial charge >= 0.3 is 0 Å². The van der Waals surface area contributed by atoms with E-state index < -0.39 is 0 Å². The van der Waals surface area contributed by atoms with Gasteiger partial charge < -0.3 is 10.4 Å². The summed E-state index contributed by atoms with van der Waals surface area (Å²) in [6, 6.07) is 10.7. The van der Waals surface area contributed by atoms with Gasteiger partial charge in [-0.3, -0.25) is 4.68 Å². The topological polar surface area (TPSA) is 50.1 Å². The van der Waals surface area contributed by atoms with Crippen LogP contribution in [0, 0.1) is 0 Å². The van der Waals surface area contributed by atoms with Crippen LogP contribution < -0.4 is 5.32 Å². The molecule has 0 fully saturated rings. The summed E-state index contributed by atoms with van der Waals surface area (Å²) in [7, 11) is 1.97. The van der Waals surface area contributed by atoms with E-state index in [1.165, 1.54) is 11.1 Å². The molecule has 0 spiro atoms. The van der Waals surface area contributed by atoms with Gasteiger partial charge in [-0.05, 0) is 18.4 Å². The summed E-state index contributed by atoms with van der Waals surface area (Å²) in [5, 5.41) is 17.4. The van der Waals surface area contributed by atoms with Crippen molar-refractivity contribution >= 4 is 0 Å². The Bertz CT molecular complexity index is 599. The second-order valence-electron chi connectivity index (χ2n) is 7.14. The van der Waals surface area contributed by atoms with Crippen molar-refractivity contribution in [2.24, 2.45) is 7.05 Å². The fraction of sp³-hybridized carbons (Fsp3) is 0.526. The largest absolute Gasteiger partial charge is 0.396 e. The van der Waals surface area contributed by atoms with Crippen LogP contribution >= 0.6 is 0 Å². The van der Waals surface area contributed by atoms with E-state index in [1.807, 2.05) is 17.8 Å². The van der Waals surface area contributed by atoms with E-state index in [-0.39, 0.29) is 18.1 Å². The fourth-order valence-electron chi connectivity index (χ4n) is 2.90. The van der Waals surface area contributed by atoms with Crippen molar-refractivity contribution < 1.29 is 5.11 Å². The Morgan fingerprint density at radius 1 is 1.22 bits per heavy atom. The third-order valence-corrected chi connectivity index (χ3v) is 4.01. The summed E-state index contributed by atoms with van der Waals surface area (Å²) in [6.45, 7) is 7.59. The molecule has 1 unspecified atom stereocenters. The van der Waals surface area contributed by atoms with Gasteiger partial charge in [0, 0.05) is 43.4 Å². The molecule has 0 saturated carbocycles. The van der Waals surface area contributed by atoms with Gasteiger partial charge in [0.1, 0.15) is 0 Å². The maximum absolute atomic E-state index is 9.16. The zero-order valence-corrected chi connectivity index (χ0v) is 14.7. The number of nitrogens with zero attached hydrogens (tertiary/aromatic N) is 2. The Morgan fingerprint density at radius 3 is 2.52 bits per heavy atom. The Hall–Kier alpha value is -1.65. The molecule has 2 aromatic rings. The molecule has 0 aliphatic heterocycles. The van der Waals surface area contributed by atoms with E-state index in [2.05, 4.69) is 61.6 Å². The lowest BCUT2D eigenvalue weighted by Crippen LogP contribution is -2.23. The summed E-state index contributed by atoms with van der Waals surface area (Å²) in [6.07, 6.45) is 3.82. The zero-order chi connectivity index (χ0) is 16.9. The van der Waals surface area contributed by atoms with E-state index in [1.54, 1.807) is 0 Å². The first-order valence-electron chi connectivity index (χ1n) is 8.34. The molecule has 2 N–H and O–H groups in total. The predicted molar refractivity (Wildman–Crippen MR) is 94.3 cm³/mol. The first kappa shape index (κ1) is 17.7. The summed E-state index contributed by atoms with van der Waals surface area (Å²) in [4.78, 5) is 0. The third kappa shape index (κ3) is 4.91. The van der Waals surface area contributed by atoms with E-state index in [9.17, 15) is 0 Å².